The molecule has 0 aliphatic rings. The van der Waals surface area contributed by atoms with Gasteiger partial charge in [0.25, 0.3) is 0 Å². The molecule has 0 saturated carbocycles. The van der Waals surface area contributed by atoms with Gasteiger partial charge in [0, 0.05) is 44.0 Å². The van der Waals surface area contributed by atoms with E-state index in [9.17, 15) is 0 Å². The quantitative estimate of drug-likeness (QED) is 0.198. The summed E-state index contributed by atoms with van der Waals surface area (Å²) in [5.41, 5.74) is 12.6. The smallest absolute Gasteiger partial charge is 0.0973 e. The minimum atomic E-state index is 0.878. The summed E-state index contributed by atoms with van der Waals surface area (Å²) in [7, 11) is 0. The zero-order valence-electron chi connectivity index (χ0n) is 26.0. The van der Waals surface area contributed by atoms with Crippen LogP contribution in [0.5, 0.6) is 0 Å². The van der Waals surface area contributed by atoms with Crippen molar-refractivity contribution in [3.8, 4) is 33.9 Å². The lowest BCUT2D eigenvalue weighted by Crippen LogP contribution is -1.97. The van der Waals surface area contributed by atoms with Gasteiger partial charge in [-0.05, 0) is 60.7 Å². The number of hydrogen-bond donors (Lipinski definition) is 0. The summed E-state index contributed by atoms with van der Waals surface area (Å²) in [6.45, 7) is 0. The number of nitrogens with zero attached hydrogens (tertiary/aromatic N) is 4. The second kappa shape index (κ2) is 10.5. The molecule has 0 radical (unpaired) electrons. The van der Waals surface area contributed by atoms with Gasteiger partial charge < -0.3 is 9.13 Å². The van der Waals surface area contributed by atoms with Gasteiger partial charge >= 0.3 is 0 Å². The van der Waals surface area contributed by atoms with Gasteiger partial charge in [0.05, 0.1) is 44.5 Å². The van der Waals surface area contributed by atoms with Crippen LogP contribution >= 0.6 is 0 Å². The van der Waals surface area contributed by atoms with Crippen LogP contribution in [0, 0.1) is 0 Å². The summed E-state index contributed by atoms with van der Waals surface area (Å²) in [6, 6.07) is 60.1. The average molecular weight is 613 g/mol. The Kier molecular flexibility index (Phi) is 5.84. The van der Waals surface area contributed by atoms with Crippen molar-refractivity contribution in [3.05, 3.63) is 170 Å². The van der Waals surface area contributed by atoms with E-state index < -0.39 is 0 Å². The zero-order chi connectivity index (χ0) is 31.6. The summed E-state index contributed by atoms with van der Waals surface area (Å²) in [4.78, 5) is 10.2. The Balaban J connectivity index is 1.20. The van der Waals surface area contributed by atoms with Crippen molar-refractivity contribution in [2.75, 3.05) is 0 Å². The van der Waals surface area contributed by atoms with Crippen molar-refractivity contribution < 1.29 is 0 Å². The Hall–Kier alpha value is -6.52. The molecule has 0 atom stereocenters. The van der Waals surface area contributed by atoms with Crippen molar-refractivity contribution in [2.24, 2.45) is 0 Å². The summed E-state index contributed by atoms with van der Waals surface area (Å²) in [5, 5.41) is 4.99. The average Bonchev–Trinajstić information content (AvgIpc) is 3.66. The number of benzene rings is 7. The Morgan fingerprint density at radius 3 is 1.31 bits per heavy atom. The Morgan fingerprint density at radius 1 is 0.312 bits per heavy atom. The molecule has 0 N–H and O–H groups in total. The van der Waals surface area contributed by atoms with Gasteiger partial charge in [-0.15, -0.1) is 0 Å². The van der Waals surface area contributed by atoms with E-state index in [-0.39, 0.29) is 0 Å². The van der Waals surface area contributed by atoms with Crippen LogP contribution in [0.1, 0.15) is 0 Å². The van der Waals surface area contributed by atoms with E-state index in [2.05, 4.69) is 149 Å². The topological polar surface area (TPSA) is 35.6 Å². The third-order valence-corrected chi connectivity index (χ3v) is 9.50. The van der Waals surface area contributed by atoms with Crippen molar-refractivity contribution in [3.63, 3.8) is 0 Å². The maximum atomic E-state index is 5.14. The fraction of sp³-hybridized carbons (Fsp3) is 0. The Bertz CT molecular complexity index is 2810. The normalized spacial score (nSPS) is 11.8. The van der Waals surface area contributed by atoms with Crippen LogP contribution in [0.15, 0.2) is 170 Å². The number of fused-ring (bicyclic) bond motifs is 7. The predicted molar refractivity (Wildman–Crippen MR) is 199 cm³/mol. The molecule has 48 heavy (non-hydrogen) atoms. The lowest BCUT2D eigenvalue weighted by Gasteiger charge is -2.13. The fourth-order valence-corrected chi connectivity index (χ4v) is 7.33. The summed E-state index contributed by atoms with van der Waals surface area (Å²) < 4.78 is 4.78. The third-order valence-electron chi connectivity index (χ3n) is 9.50. The molecule has 224 valence electrons. The molecule has 0 fully saturated rings. The predicted octanol–water partition coefficient (Wildman–Crippen LogP) is 11.2. The van der Waals surface area contributed by atoms with Crippen LogP contribution in [0.2, 0.25) is 0 Å². The summed E-state index contributed by atoms with van der Waals surface area (Å²) in [5.74, 6) is 0. The fourth-order valence-electron chi connectivity index (χ4n) is 7.33. The van der Waals surface area contributed by atoms with Gasteiger partial charge in [-0.2, -0.15) is 0 Å². The van der Waals surface area contributed by atoms with Crippen LogP contribution in [0.25, 0.3) is 88.5 Å². The number of aromatic nitrogens is 4. The summed E-state index contributed by atoms with van der Waals surface area (Å²) >= 11 is 0. The molecule has 4 nitrogen and oxygen atoms in total. The SMILES string of the molecule is c1ccc(-c2nc3ccccc3nc2-c2ccc(-n3c4ccccc4c4cc5c6ccccc6n(-c6ccccc6)c5cc43)cc2)cc1. The zero-order valence-corrected chi connectivity index (χ0v) is 26.0. The second-order valence-electron chi connectivity index (χ2n) is 12.2. The highest BCUT2D eigenvalue weighted by Crippen LogP contribution is 2.40. The molecule has 10 rings (SSSR count). The maximum Gasteiger partial charge on any atom is 0.0973 e. The number of hydrogen-bond acceptors (Lipinski definition) is 2. The molecule has 3 aromatic heterocycles. The Labute approximate surface area is 276 Å². The lowest BCUT2D eigenvalue weighted by molar-refractivity contribution is 1.16. The van der Waals surface area contributed by atoms with Gasteiger partial charge in [-0.1, -0.05) is 109 Å². The lowest BCUT2D eigenvalue weighted by atomic mass is 10.0. The van der Waals surface area contributed by atoms with Gasteiger partial charge in [0.1, 0.15) is 0 Å². The van der Waals surface area contributed by atoms with E-state index in [0.29, 0.717) is 0 Å². The first-order chi connectivity index (χ1) is 23.8. The molecule has 4 heteroatoms. The first-order valence-electron chi connectivity index (χ1n) is 16.3. The van der Waals surface area contributed by atoms with Gasteiger partial charge in [-0.25, -0.2) is 9.97 Å². The molecule has 0 spiro atoms. The molecule has 0 aliphatic carbocycles. The van der Waals surface area contributed by atoms with Crippen molar-refractivity contribution in [1.29, 1.82) is 0 Å². The number of para-hydroxylation sites is 5. The van der Waals surface area contributed by atoms with Gasteiger partial charge in [-0.3, -0.25) is 0 Å². The van der Waals surface area contributed by atoms with Gasteiger partial charge in [0.2, 0.25) is 0 Å². The highest BCUT2D eigenvalue weighted by atomic mass is 15.0. The van der Waals surface area contributed by atoms with E-state index >= 15 is 0 Å². The van der Waals surface area contributed by atoms with Crippen molar-refractivity contribution in [2.45, 2.75) is 0 Å². The van der Waals surface area contributed by atoms with Gasteiger partial charge in [0.15, 0.2) is 0 Å². The first kappa shape index (κ1) is 26.7. The van der Waals surface area contributed by atoms with E-state index in [1.165, 1.54) is 43.6 Å². The molecule has 7 aromatic carbocycles. The third kappa shape index (κ3) is 4.03. The number of rotatable bonds is 4. The second-order valence-corrected chi connectivity index (χ2v) is 12.2. The molecule has 0 aliphatic heterocycles. The van der Waals surface area contributed by atoms with E-state index in [1.54, 1.807) is 0 Å². The van der Waals surface area contributed by atoms with E-state index in [0.717, 1.165) is 44.9 Å². The first-order valence-corrected chi connectivity index (χ1v) is 16.3. The van der Waals surface area contributed by atoms with Crippen molar-refractivity contribution in [1.82, 2.24) is 19.1 Å². The summed E-state index contributed by atoms with van der Waals surface area (Å²) in [6.07, 6.45) is 0. The highest BCUT2D eigenvalue weighted by molar-refractivity contribution is 6.19. The molecule has 0 saturated heterocycles. The molecule has 0 amide bonds. The minimum absolute atomic E-state index is 0.878. The van der Waals surface area contributed by atoms with Crippen LogP contribution < -0.4 is 0 Å². The van der Waals surface area contributed by atoms with E-state index in [1.807, 2.05) is 30.3 Å². The Morgan fingerprint density at radius 2 is 0.750 bits per heavy atom. The maximum absolute atomic E-state index is 5.14. The molecular formula is C44H28N4. The molecular weight excluding hydrogens is 585 g/mol. The van der Waals surface area contributed by atoms with E-state index in [4.69, 9.17) is 9.97 Å². The molecule has 0 bridgehead atoms. The highest BCUT2D eigenvalue weighted by Gasteiger charge is 2.19. The van der Waals surface area contributed by atoms with Crippen LogP contribution in [-0.2, 0) is 0 Å². The van der Waals surface area contributed by atoms with Crippen LogP contribution in [0.3, 0.4) is 0 Å². The monoisotopic (exact) mass is 612 g/mol. The molecule has 3 heterocycles. The molecule has 0 unspecified atom stereocenters. The minimum Gasteiger partial charge on any atom is -0.309 e. The van der Waals surface area contributed by atoms with Crippen LogP contribution in [0.4, 0.5) is 0 Å². The van der Waals surface area contributed by atoms with Crippen LogP contribution in [-0.4, -0.2) is 19.1 Å². The standard InChI is InChI=1S/C44H28N4/c1-3-13-29(14-4-1)43-44(46-38-20-10-9-19-37(38)45-43)30-23-25-32(26-24-30)48-40-22-12-8-18-34(40)36-27-35-33-17-7-11-21-39(33)47(41(35)28-42(36)48)31-15-5-2-6-16-31/h1-28H. The molecule has 10 aromatic rings. The van der Waals surface area contributed by atoms with Crippen molar-refractivity contribution >= 4 is 54.6 Å². The largest absolute Gasteiger partial charge is 0.309 e.